The first-order valence-corrected chi connectivity index (χ1v) is 9.03. The molecule has 0 radical (unpaired) electrons. The number of aliphatic imine (C=N–C) groups is 1. The molecule has 0 amide bonds. The summed E-state index contributed by atoms with van der Waals surface area (Å²) in [7, 11) is 3.26. The van der Waals surface area contributed by atoms with Gasteiger partial charge in [-0.2, -0.15) is 5.10 Å². The second-order valence-corrected chi connectivity index (χ2v) is 6.19. The smallest absolute Gasteiger partial charge is 0.188 e. The largest absolute Gasteiger partial charge is 0.493 e. The Morgan fingerprint density at radius 1 is 1.07 bits per heavy atom. The van der Waals surface area contributed by atoms with Crippen molar-refractivity contribution in [2.45, 2.75) is 13.0 Å². The third-order valence-corrected chi connectivity index (χ3v) is 4.28. The van der Waals surface area contributed by atoms with Crippen molar-refractivity contribution in [1.29, 1.82) is 0 Å². The molecule has 7 heteroatoms. The molecule has 0 saturated heterocycles. The normalized spacial score (nSPS) is 11.3. The van der Waals surface area contributed by atoms with Crippen LogP contribution in [0.4, 0.5) is 0 Å². The van der Waals surface area contributed by atoms with Gasteiger partial charge in [0.05, 0.1) is 26.5 Å². The van der Waals surface area contributed by atoms with Gasteiger partial charge in [0.2, 0.25) is 0 Å². The van der Waals surface area contributed by atoms with Crippen LogP contribution in [0.5, 0.6) is 11.5 Å². The monoisotopic (exact) mass is 379 g/mol. The Hall–Kier alpha value is -3.48. The number of rotatable bonds is 8. The van der Waals surface area contributed by atoms with E-state index >= 15 is 0 Å². The van der Waals surface area contributed by atoms with Gasteiger partial charge in [0, 0.05) is 18.9 Å². The summed E-state index contributed by atoms with van der Waals surface area (Å²) in [5, 5.41) is 7.39. The number of aromatic nitrogens is 2. The lowest BCUT2D eigenvalue weighted by atomic mass is 10.1. The summed E-state index contributed by atoms with van der Waals surface area (Å²) < 4.78 is 12.4. The second kappa shape index (κ2) is 9.45. The van der Waals surface area contributed by atoms with E-state index in [-0.39, 0.29) is 0 Å². The summed E-state index contributed by atoms with van der Waals surface area (Å²) in [4.78, 5) is 4.42. The number of nitrogens with one attached hydrogen (secondary N) is 1. The molecular formula is C21H25N5O2. The van der Waals surface area contributed by atoms with E-state index in [0.29, 0.717) is 19.0 Å². The van der Waals surface area contributed by atoms with E-state index in [4.69, 9.17) is 15.2 Å². The molecular weight excluding hydrogens is 354 g/mol. The molecule has 3 aromatic rings. The lowest BCUT2D eigenvalue weighted by molar-refractivity contribution is 0.354. The standard InChI is InChI=1S/C21H25N5O2/c1-27-19-8-7-16(14-20(19)28-2)9-11-23-21(22)24-15-17-5-3-6-18(13-17)26-12-4-10-25-26/h3-8,10,12-14H,9,11,15H2,1-2H3,(H3,22,23,24). The number of hydrogen-bond acceptors (Lipinski definition) is 4. The van der Waals surface area contributed by atoms with E-state index in [1.54, 1.807) is 20.4 Å². The van der Waals surface area contributed by atoms with Gasteiger partial charge in [-0.15, -0.1) is 0 Å². The van der Waals surface area contributed by atoms with Crippen LogP contribution < -0.4 is 20.5 Å². The average molecular weight is 379 g/mol. The van der Waals surface area contributed by atoms with Crippen molar-refractivity contribution < 1.29 is 9.47 Å². The van der Waals surface area contributed by atoms with Gasteiger partial charge in [-0.25, -0.2) is 9.67 Å². The van der Waals surface area contributed by atoms with E-state index in [9.17, 15) is 0 Å². The summed E-state index contributed by atoms with van der Waals surface area (Å²) in [6, 6.07) is 15.8. The Kier molecular flexibility index (Phi) is 6.51. The first-order valence-electron chi connectivity index (χ1n) is 9.03. The predicted molar refractivity (Wildman–Crippen MR) is 110 cm³/mol. The van der Waals surface area contributed by atoms with Crippen LogP contribution in [0.2, 0.25) is 0 Å². The minimum Gasteiger partial charge on any atom is -0.493 e. The fourth-order valence-corrected chi connectivity index (χ4v) is 2.82. The van der Waals surface area contributed by atoms with Gasteiger partial charge in [0.15, 0.2) is 17.5 Å². The molecule has 7 nitrogen and oxygen atoms in total. The number of ether oxygens (including phenoxy) is 2. The number of methoxy groups -OCH3 is 2. The molecule has 0 aliphatic rings. The maximum absolute atomic E-state index is 6.00. The van der Waals surface area contributed by atoms with Gasteiger partial charge < -0.3 is 20.5 Å². The number of benzene rings is 2. The van der Waals surface area contributed by atoms with E-state index < -0.39 is 0 Å². The molecule has 2 aromatic carbocycles. The third kappa shape index (κ3) is 5.03. The van der Waals surface area contributed by atoms with Gasteiger partial charge >= 0.3 is 0 Å². The zero-order valence-electron chi connectivity index (χ0n) is 16.1. The first kappa shape index (κ1) is 19.3. The van der Waals surface area contributed by atoms with Crippen molar-refractivity contribution in [2.75, 3.05) is 20.8 Å². The quantitative estimate of drug-likeness (QED) is 0.464. The molecule has 3 N–H and O–H groups in total. The molecule has 0 unspecified atom stereocenters. The molecule has 0 aliphatic carbocycles. The summed E-state index contributed by atoms with van der Waals surface area (Å²) in [5.41, 5.74) is 9.19. The highest BCUT2D eigenvalue weighted by Crippen LogP contribution is 2.27. The third-order valence-electron chi connectivity index (χ3n) is 4.28. The van der Waals surface area contributed by atoms with E-state index in [2.05, 4.69) is 15.4 Å². The summed E-state index contributed by atoms with van der Waals surface area (Å²) >= 11 is 0. The Morgan fingerprint density at radius 2 is 1.93 bits per heavy atom. The number of nitrogens with zero attached hydrogens (tertiary/aromatic N) is 3. The number of nitrogens with two attached hydrogens (primary N) is 1. The maximum Gasteiger partial charge on any atom is 0.188 e. The second-order valence-electron chi connectivity index (χ2n) is 6.19. The molecule has 0 saturated carbocycles. The van der Waals surface area contributed by atoms with E-state index in [0.717, 1.165) is 34.7 Å². The Morgan fingerprint density at radius 3 is 2.68 bits per heavy atom. The van der Waals surface area contributed by atoms with Crippen LogP contribution in [0.1, 0.15) is 11.1 Å². The van der Waals surface area contributed by atoms with Gasteiger partial charge in [-0.1, -0.05) is 18.2 Å². The van der Waals surface area contributed by atoms with Crippen molar-refractivity contribution in [1.82, 2.24) is 15.1 Å². The van der Waals surface area contributed by atoms with Gasteiger partial charge in [0.1, 0.15) is 0 Å². The lowest BCUT2D eigenvalue weighted by Gasteiger charge is -2.10. The molecule has 1 aromatic heterocycles. The summed E-state index contributed by atoms with van der Waals surface area (Å²) in [5.74, 6) is 1.86. The molecule has 1 heterocycles. The number of guanidine groups is 1. The Bertz CT molecular complexity index is 922. The van der Waals surface area contributed by atoms with Crippen LogP contribution in [0, 0.1) is 0 Å². The maximum atomic E-state index is 6.00. The molecule has 0 fully saturated rings. The van der Waals surface area contributed by atoms with Crippen LogP contribution >= 0.6 is 0 Å². The highest BCUT2D eigenvalue weighted by atomic mass is 16.5. The lowest BCUT2D eigenvalue weighted by Crippen LogP contribution is -2.33. The number of hydrogen-bond donors (Lipinski definition) is 2. The van der Waals surface area contributed by atoms with Crippen molar-refractivity contribution in [2.24, 2.45) is 10.7 Å². The zero-order valence-corrected chi connectivity index (χ0v) is 16.1. The fraction of sp³-hybridized carbons (Fsp3) is 0.238. The van der Waals surface area contributed by atoms with Gasteiger partial charge in [-0.3, -0.25) is 0 Å². The average Bonchev–Trinajstić information content (AvgIpc) is 3.27. The first-order chi connectivity index (χ1) is 13.7. The Balaban J connectivity index is 1.52. The van der Waals surface area contributed by atoms with Crippen molar-refractivity contribution in [3.63, 3.8) is 0 Å². The minimum atomic E-state index is 0.421. The molecule has 0 spiro atoms. The highest BCUT2D eigenvalue weighted by molar-refractivity contribution is 5.77. The Labute approximate surface area is 164 Å². The van der Waals surface area contributed by atoms with Crippen LogP contribution in [-0.2, 0) is 13.0 Å². The van der Waals surface area contributed by atoms with Crippen LogP contribution in [-0.4, -0.2) is 36.5 Å². The van der Waals surface area contributed by atoms with Crippen LogP contribution in [0.25, 0.3) is 5.69 Å². The summed E-state index contributed by atoms with van der Waals surface area (Å²) in [6.45, 7) is 1.18. The van der Waals surface area contributed by atoms with Gasteiger partial charge in [-0.05, 0) is 47.9 Å². The topological polar surface area (TPSA) is 86.7 Å². The summed E-state index contributed by atoms with van der Waals surface area (Å²) in [6.07, 6.45) is 4.46. The predicted octanol–water partition coefficient (Wildman–Crippen LogP) is 2.54. The van der Waals surface area contributed by atoms with Crippen molar-refractivity contribution in [3.8, 4) is 17.2 Å². The fourth-order valence-electron chi connectivity index (χ4n) is 2.82. The van der Waals surface area contributed by atoms with Crippen LogP contribution in [0.15, 0.2) is 65.9 Å². The SMILES string of the molecule is COc1ccc(CCNC(N)=NCc2cccc(-n3cccn3)c2)cc1OC. The molecule has 146 valence electrons. The van der Waals surface area contributed by atoms with E-state index in [1.165, 1.54) is 0 Å². The minimum absolute atomic E-state index is 0.421. The highest BCUT2D eigenvalue weighted by Gasteiger charge is 2.04. The molecule has 0 atom stereocenters. The van der Waals surface area contributed by atoms with Crippen molar-refractivity contribution in [3.05, 3.63) is 72.1 Å². The molecule has 28 heavy (non-hydrogen) atoms. The van der Waals surface area contributed by atoms with Gasteiger partial charge in [0.25, 0.3) is 0 Å². The molecule has 3 rings (SSSR count). The van der Waals surface area contributed by atoms with E-state index in [1.807, 2.05) is 59.4 Å². The molecule has 0 bridgehead atoms. The van der Waals surface area contributed by atoms with Crippen LogP contribution in [0.3, 0.4) is 0 Å². The molecule has 0 aliphatic heterocycles. The zero-order chi connectivity index (χ0) is 19.8. The van der Waals surface area contributed by atoms with Crippen molar-refractivity contribution >= 4 is 5.96 Å².